The van der Waals surface area contributed by atoms with Gasteiger partial charge in [-0.3, -0.25) is 0 Å². The third-order valence-electron chi connectivity index (χ3n) is 3.05. The van der Waals surface area contributed by atoms with Crippen LogP contribution in [0.5, 0.6) is 0 Å². The van der Waals surface area contributed by atoms with Crippen molar-refractivity contribution in [3.8, 4) is 0 Å². The Bertz CT molecular complexity index is 433. The van der Waals surface area contributed by atoms with E-state index < -0.39 is 10.0 Å². The topological polar surface area (TPSA) is 46.2 Å². The lowest BCUT2D eigenvalue weighted by Crippen LogP contribution is -2.29. The fourth-order valence-corrected chi connectivity index (χ4v) is 2.72. The molecular weight excluding hydrogens is 234 g/mol. The Morgan fingerprint density at radius 1 is 1.12 bits per heavy atom. The standard InChI is InChI=1S/C13H21NO2S/c1-4-12(5-2)10-14-17(15,16)13-8-6-11(3)7-9-13/h6-9,12,14H,4-5,10H2,1-3H3. The number of aryl methyl sites for hydroxylation is 1. The smallest absolute Gasteiger partial charge is 0.211 e. The summed E-state index contributed by atoms with van der Waals surface area (Å²) < 4.78 is 26.6. The van der Waals surface area contributed by atoms with Gasteiger partial charge in [-0.15, -0.1) is 0 Å². The molecule has 4 heteroatoms. The van der Waals surface area contributed by atoms with Crippen LogP contribution < -0.4 is 4.72 Å². The average molecular weight is 255 g/mol. The van der Waals surface area contributed by atoms with E-state index in [1.807, 2.05) is 19.1 Å². The van der Waals surface area contributed by atoms with Crippen LogP contribution in [0.15, 0.2) is 29.2 Å². The molecule has 0 spiro atoms. The quantitative estimate of drug-likeness (QED) is 0.849. The second-order valence-electron chi connectivity index (χ2n) is 4.35. The van der Waals surface area contributed by atoms with Gasteiger partial charge in [0.05, 0.1) is 4.90 Å². The molecule has 1 rings (SSSR count). The molecule has 1 N–H and O–H groups in total. The summed E-state index contributed by atoms with van der Waals surface area (Å²) in [5.41, 5.74) is 1.06. The monoisotopic (exact) mass is 255 g/mol. The van der Waals surface area contributed by atoms with Crippen molar-refractivity contribution in [1.29, 1.82) is 0 Å². The highest BCUT2D eigenvalue weighted by Gasteiger charge is 2.14. The van der Waals surface area contributed by atoms with Crippen LogP contribution in [0.2, 0.25) is 0 Å². The molecule has 0 atom stereocenters. The Morgan fingerprint density at radius 2 is 1.65 bits per heavy atom. The first-order chi connectivity index (χ1) is 7.99. The molecule has 1 aromatic rings. The first-order valence-corrected chi connectivity index (χ1v) is 7.54. The van der Waals surface area contributed by atoms with Gasteiger partial charge in [-0.1, -0.05) is 44.4 Å². The minimum absolute atomic E-state index is 0.342. The molecule has 0 aliphatic rings. The minimum atomic E-state index is -3.34. The lowest BCUT2D eigenvalue weighted by Gasteiger charge is -2.13. The molecule has 0 aliphatic heterocycles. The van der Waals surface area contributed by atoms with Crippen molar-refractivity contribution in [2.24, 2.45) is 5.92 Å². The molecule has 17 heavy (non-hydrogen) atoms. The molecule has 0 aromatic heterocycles. The lowest BCUT2D eigenvalue weighted by molar-refractivity contribution is 0.479. The van der Waals surface area contributed by atoms with E-state index >= 15 is 0 Å². The van der Waals surface area contributed by atoms with Gasteiger partial charge in [0.25, 0.3) is 0 Å². The first-order valence-electron chi connectivity index (χ1n) is 6.06. The highest BCUT2D eigenvalue weighted by Crippen LogP contribution is 2.12. The van der Waals surface area contributed by atoms with Gasteiger partial charge in [0.1, 0.15) is 0 Å². The van der Waals surface area contributed by atoms with Crippen molar-refractivity contribution in [1.82, 2.24) is 4.72 Å². The maximum Gasteiger partial charge on any atom is 0.240 e. The SMILES string of the molecule is CCC(CC)CNS(=O)(=O)c1ccc(C)cc1. The number of hydrogen-bond acceptors (Lipinski definition) is 2. The molecule has 0 radical (unpaired) electrons. The van der Waals surface area contributed by atoms with Crippen molar-refractivity contribution in [3.63, 3.8) is 0 Å². The van der Waals surface area contributed by atoms with Crippen LogP contribution in [0.4, 0.5) is 0 Å². The van der Waals surface area contributed by atoms with Crippen molar-refractivity contribution >= 4 is 10.0 Å². The Hall–Kier alpha value is -0.870. The Balaban J connectivity index is 2.72. The second-order valence-corrected chi connectivity index (χ2v) is 6.11. The predicted octanol–water partition coefficient (Wildman–Crippen LogP) is 2.71. The zero-order valence-electron chi connectivity index (χ0n) is 10.7. The van der Waals surface area contributed by atoms with Gasteiger partial charge in [-0.2, -0.15) is 0 Å². The van der Waals surface area contributed by atoms with E-state index in [9.17, 15) is 8.42 Å². The number of hydrogen-bond donors (Lipinski definition) is 1. The molecule has 0 unspecified atom stereocenters. The molecule has 0 fully saturated rings. The summed E-state index contributed by atoms with van der Waals surface area (Å²) in [6, 6.07) is 6.91. The van der Waals surface area contributed by atoms with Crippen LogP contribution in [0.25, 0.3) is 0 Å². The fourth-order valence-electron chi connectivity index (χ4n) is 1.61. The largest absolute Gasteiger partial charge is 0.240 e. The normalized spacial score (nSPS) is 12.0. The van der Waals surface area contributed by atoms with Crippen molar-refractivity contribution < 1.29 is 8.42 Å². The maximum atomic E-state index is 12.0. The molecule has 0 amide bonds. The van der Waals surface area contributed by atoms with E-state index in [0.717, 1.165) is 18.4 Å². The molecule has 0 aliphatic carbocycles. The summed E-state index contributed by atoms with van der Waals surface area (Å²) in [6.07, 6.45) is 1.99. The molecule has 0 saturated heterocycles. The second kappa shape index (κ2) is 6.17. The van der Waals surface area contributed by atoms with Crippen LogP contribution in [0.1, 0.15) is 32.3 Å². The van der Waals surface area contributed by atoms with Gasteiger partial charge in [-0.05, 0) is 25.0 Å². The molecular formula is C13H21NO2S. The van der Waals surface area contributed by atoms with Crippen molar-refractivity contribution in [3.05, 3.63) is 29.8 Å². The molecule has 0 heterocycles. The molecule has 1 aromatic carbocycles. The van der Waals surface area contributed by atoms with Crippen LogP contribution in [0, 0.1) is 12.8 Å². The van der Waals surface area contributed by atoms with Crippen molar-refractivity contribution in [2.45, 2.75) is 38.5 Å². The van der Waals surface area contributed by atoms with Gasteiger partial charge in [0, 0.05) is 6.54 Å². The molecule has 96 valence electrons. The minimum Gasteiger partial charge on any atom is -0.211 e. The summed E-state index contributed by atoms with van der Waals surface area (Å²) in [6.45, 7) is 6.61. The van der Waals surface area contributed by atoms with Crippen LogP contribution in [0.3, 0.4) is 0 Å². The Kier molecular flexibility index (Phi) is 5.15. The van der Waals surface area contributed by atoms with E-state index in [4.69, 9.17) is 0 Å². The van der Waals surface area contributed by atoms with Crippen molar-refractivity contribution in [2.75, 3.05) is 6.54 Å². The highest BCUT2D eigenvalue weighted by molar-refractivity contribution is 7.89. The van der Waals surface area contributed by atoms with E-state index in [1.54, 1.807) is 12.1 Å². The third-order valence-corrected chi connectivity index (χ3v) is 4.49. The van der Waals surface area contributed by atoms with Crippen LogP contribution in [-0.2, 0) is 10.0 Å². The maximum absolute atomic E-state index is 12.0. The molecule has 0 bridgehead atoms. The summed E-state index contributed by atoms with van der Waals surface area (Å²) in [4.78, 5) is 0.342. The van der Waals surface area contributed by atoms with Gasteiger partial charge in [0.2, 0.25) is 10.0 Å². The lowest BCUT2D eigenvalue weighted by atomic mass is 10.0. The number of nitrogens with one attached hydrogen (secondary N) is 1. The van der Waals surface area contributed by atoms with Crippen LogP contribution in [-0.4, -0.2) is 15.0 Å². The number of sulfonamides is 1. The zero-order chi connectivity index (χ0) is 12.9. The fraction of sp³-hybridized carbons (Fsp3) is 0.538. The Labute approximate surface area is 104 Å². The van der Waals surface area contributed by atoms with Gasteiger partial charge < -0.3 is 0 Å². The Morgan fingerprint density at radius 3 is 2.12 bits per heavy atom. The van der Waals surface area contributed by atoms with E-state index in [1.165, 1.54) is 0 Å². The van der Waals surface area contributed by atoms with E-state index in [2.05, 4.69) is 18.6 Å². The number of rotatable bonds is 6. The summed E-state index contributed by atoms with van der Waals surface area (Å²) in [5, 5.41) is 0. The van der Waals surface area contributed by atoms with Gasteiger partial charge >= 0.3 is 0 Å². The van der Waals surface area contributed by atoms with Gasteiger partial charge in [-0.25, -0.2) is 13.1 Å². The zero-order valence-corrected chi connectivity index (χ0v) is 11.5. The summed E-state index contributed by atoms with van der Waals surface area (Å²) in [5.74, 6) is 0.412. The highest BCUT2D eigenvalue weighted by atomic mass is 32.2. The van der Waals surface area contributed by atoms with Gasteiger partial charge in [0.15, 0.2) is 0 Å². The predicted molar refractivity (Wildman–Crippen MR) is 70.4 cm³/mol. The molecule has 0 saturated carbocycles. The number of benzene rings is 1. The van der Waals surface area contributed by atoms with E-state index in [0.29, 0.717) is 17.4 Å². The third kappa shape index (κ3) is 4.13. The first kappa shape index (κ1) is 14.2. The average Bonchev–Trinajstić information content (AvgIpc) is 2.31. The molecule has 3 nitrogen and oxygen atoms in total. The summed E-state index contributed by atoms with van der Waals surface area (Å²) >= 11 is 0. The van der Waals surface area contributed by atoms with Crippen LogP contribution >= 0.6 is 0 Å². The van der Waals surface area contributed by atoms with E-state index in [-0.39, 0.29) is 0 Å². The summed E-state index contributed by atoms with van der Waals surface area (Å²) in [7, 11) is -3.34.